The number of hydrogen-bond donors (Lipinski definition) is 2. The quantitative estimate of drug-likeness (QED) is 0.566. The summed E-state index contributed by atoms with van der Waals surface area (Å²) in [6.45, 7) is 5.67. The molecule has 2 amide bonds. The molecule has 0 saturated heterocycles. The van der Waals surface area contributed by atoms with Crippen LogP contribution in [0.4, 0.5) is 0 Å². The second kappa shape index (κ2) is 9.10. The minimum atomic E-state index is -0.312. The highest BCUT2D eigenvalue weighted by Gasteiger charge is 2.06. The van der Waals surface area contributed by atoms with Crippen LogP contribution in [0.15, 0.2) is 0 Å². The van der Waals surface area contributed by atoms with E-state index in [1.807, 2.05) is 19.2 Å². The molecule has 0 saturated carbocycles. The van der Waals surface area contributed by atoms with Gasteiger partial charge < -0.3 is 5.32 Å². The SMILES string of the molecule is CC.CNC(C)C(=O)NC=O. The molecule has 0 aromatic carbocycles. The zero-order valence-electron chi connectivity index (χ0n) is 7.47. The Hall–Kier alpha value is -0.900. The van der Waals surface area contributed by atoms with Gasteiger partial charge in [0.1, 0.15) is 0 Å². The zero-order chi connectivity index (χ0) is 9.28. The van der Waals surface area contributed by atoms with Gasteiger partial charge in [-0.25, -0.2) is 0 Å². The van der Waals surface area contributed by atoms with E-state index in [1.54, 1.807) is 14.0 Å². The van der Waals surface area contributed by atoms with E-state index >= 15 is 0 Å². The molecule has 1 atom stereocenters. The Balaban J connectivity index is 0. The summed E-state index contributed by atoms with van der Waals surface area (Å²) < 4.78 is 0. The monoisotopic (exact) mass is 160 g/mol. The van der Waals surface area contributed by atoms with Crippen molar-refractivity contribution in [2.75, 3.05) is 7.05 Å². The molecule has 0 aliphatic rings. The highest BCUT2D eigenvalue weighted by atomic mass is 16.2. The molecular weight excluding hydrogens is 144 g/mol. The molecule has 0 radical (unpaired) electrons. The maximum absolute atomic E-state index is 10.6. The summed E-state index contributed by atoms with van der Waals surface area (Å²) in [5.74, 6) is -0.312. The lowest BCUT2D eigenvalue weighted by atomic mass is 10.3. The Kier molecular flexibility index (Phi) is 10.5. The third kappa shape index (κ3) is 6.99. The molecule has 66 valence electrons. The minimum absolute atomic E-state index is 0.310. The first-order valence-corrected chi connectivity index (χ1v) is 3.63. The molecule has 0 fully saturated rings. The lowest BCUT2D eigenvalue weighted by molar-refractivity contribution is -0.126. The molecule has 0 aliphatic carbocycles. The summed E-state index contributed by atoms with van der Waals surface area (Å²) in [5, 5.41) is 4.69. The fourth-order valence-corrected chi connectivity index (χ4v) is 0.314. The second-order valence-corrected chi connectivity index (χ2v) is 1.64. The van der Waals surface area contributed by atoms with Crippen molar-refractivity contribution in [3.63, 3.8) is 0 Å². The van der Waals surface area contributed by atoms with Gasteiger partial charge in [-0.05, 0) is 14.0 Å². The first-order valence-electron chi connectivity index (χ1n) is 3.63. The van der Waals surface area contributed by atoms with Crippen LogP contribution in [0.1, 0.15) is 20.8 Å². The van der Waals surface area contributed by atoms with Crippen molar-refractivity contribution >= 4 is 12.3 Å². The Bertz CT molecular complexity index is 115. The van der Waals surface area contributed by atoms with E-state index in [0.717, 1.165) is 0 Å². The highest BCUT2D eigenvalue weighted by Crippen LogP contribution is 1.75. The van der Waals surface area contributed by atoms with Crippen LogP contribution in [-0.2, 0) is 9.59 Å². The predicted octanol–water partition coefficient (Wildman–Crippen LogP) is -0.107. The largest absolute Gasteiger partial charge is 0.309 e. The summed E-state index contributed by atoms with van der Waals surface area (Å²) in [4.78, 5) is 20.2. The van der Waals surface area contributed by atoms with Gasteiger partial charge in [-0.3, -0.25) is 14.9 Å². The molecule has 0 rings (SSSR count). The number of carbonyl (C=O) groups is 2. The van der Waals surface area contributed by atoms with E-state index < -0.39 is 0 Å². The molecule has 0 bridgehead atoms. The Morgan fingerprint density at radius 2 is 1.91 bits per heavy atom. The Morgan fingerprint density at radius 1 is 1.45 bits per heavy atom. The number of carbonyl (C=O) groups excluding carboxylic acids is 2. The van der Waals surface area contributed by atoms with Crippen LogP contribution in [0, 0.1) is 0 Å². The maximum atomic E-state index is 10.6. The summed E-state index contributed by atoms with van der Waals surface area (Å²) in [5.41, 5.74) is 0. The van der Waals surface area contributed by atoms with Crippen LogP contribution in [0.25, 0.3) is 0 Å². The van der Waals surface area contributed by atoms with Crippen molar-refractivity contribution in [1.29, 1.82) is 0 Å². The zero-order valence-corrected chi connectivity index (χ0v) is 7.47. The predicted molar refractivity (Wildman–Crippen MR) is 44.1 cm³/mol. The van der Waals surface area contributed by atoms with Crippen LogP contribution < -0.4 is 10.6 Å². The van der Waals surface area contributed by atoms with E-state index in [-0.39, 0.29) is 11.9 Å². The highest BCUT2D eigenvalue weighted by molar-refractivity contribution is 5.89. The number of imide groups is 1. The summed E-state index contributed by atoms with van der Waals surface area (Å²) in [6, 6.07) is -0.310. The first kappa shape index (κ1) is 12.7. The van der Waals surface area contributed by atoms with E-state index in [9.17, 15) is 9.59 Å². The van der Waals surface area contributed by atoms with Gasteiger partial charge >= 0.3 is 0 Å². The number of hydrogen-bond acceptors (Lipinski definition) is 3. The second-order valence-electron chi connectivity index (χ2n) is 1.64. The number of nitrogens with one attached hydrogen (secondary N) is 2. The topological polar surface area (TPSA) is 58.2 Å². The molecular formula is C7H16N2O2. The summed E-state index contributed by atoms with van der Waals surface area (Å²) in [6.07, 6.45) is 0.371. The summed E-state index contributed by atoms with van der Waals surface area (Å²) >= 11 is 0. The van der Waals surface area contributed by atoms with E-state index in [1.165, 1.54) is 0 Å². The fourth-order valence-electron chi connectivity index (χ4n) is 0.314. The van der Waals surface area contributed by atoms with Crippen molar-refractivity contribution in [2.24, 2.45) is 0 Å². The molecule has 0 aromatic heterocycles. The average Bonchev–Trinajstić information content (AvgIpc) is 2.07. The lowest BCUT2D eigenvalue weighted by Gasteiger charge is -2.05. The van der Waals surface area contributed by atoms with Gasteiger partial charge in [0, 0.05) is 0 Å². The Labute approximate surface area is 67.4 Å². The van der Waals surface area contributed by atoms with Crippen molar-refractivity contribution in [2.45, 2.75) is 26.8 Å². The average molecular weight is 160 g/mol. The standard InChI is InChI=1S/C5H10N2O2.C2H6/c1-4(6-2)5(9)7-3-8;1-2/h3-4,6H,1-2H3,(H,7,8,9);1-2H3. The Morgan fingerprint density at radius 3 is 2.18 bits per heavy atom. The van der Waals surface area contributed by atoms with Crippen molar-refractivity contribution in [3.05, 3.63) is 0 Å². The van der Waals surface area contributed by atoms with Gasteiger partial charge in [0.25, 0.3) is 0 Å². The third-order valence-corrected chi connectivity index (χ3v) is 1.03. The van der Waals surface area contributed by atoms with Crippen LogP contribution >= 0.6 is 0 Å². The molecule has 0 aromatic rings. The fraction of sp³-hybridized carbons (Fsp3) is 0.714. The van der Waals surface area contributed by atoms with Crippen molar-refractivity contribution < 1.29 is 9.59 Å². The van der Waals surface area contributed by atoms with Gasteiger partial charge in [0.15, 0.2) is 0 Å². The third-order valence-electron chi connectivity index (χ3n) is 1.03. The van der Waals surface area contributed by atoms with Gasteiger partial charge in [0.2, 0.25) is 12.3 Å². The number of rotatable bonds is 3. The van der Waals surface area contributed by atoms with Crippen LogP contribution in [0.2, 0.25) is 0 Å². The smallest absolute Gasteiger partial charge is 0.243 e. The number of amides is 2. The van der Waals surface area contributed by atoms with E-state index in [2.05, 4.69) is 5.32 Å². The van der Waals surface area contributed by atoms with E-state index in [0.29, 0.717) is 6.41 Å². The van der Waals surface area contributed by atoms with Gasteiger partial charge in [0.05, 0.1) is 6.04 Å². The normalized spacial score (nSPS) is 10.5. The molecule has 4 heteroatoms. The number of likely N-dealkylation sites (N-methyl/N-ethyl adjacent to an activating group) is 1. The van der Waals surface area contributed by atoms with Crippen LogP contribution in [0.3, 0.4) is 0 Å². The minimum Gasteiger partial charge on any atom is -0.309 e. The molecule has 1 unspecified atom stereocenters. The van der Waals surface area contributed by atoms with Gasteiger partial charge in [-0.15, -0.1) is 0 Å². The van der Waals surface area contributed by atoms with Crippen LogP contribution in [0.5, 0.6) is 0 Å². The summed E-state index contributed by atoms with van der Waals surface area (Å²) in [7, 11) is 1.65. The van der Waals surface area contributed by atoms with Crippen LogP contribution in [-0.4, -0.2) is 25.4 Å². The molecule has 4 nitrogen and oxygen atoms in total. The lowest BCUT2D eigenvalue weighted by Crippen LogP contribution is -2.39. The van der Waals surface area contributed by atoms with Gasteiger partial charge in [-0.1, -0.05) is 13.8 Å². The molecule has 0 heterocycles. The van der Waals surface area contributed by atoms with Crippen molar-refractivity contribution in [1.82, 2.24) is 10.6 Å². The van der Waals surface area contributed by atoms with E-state index in [4.69, 9.17) is 0 Å². The van der Waals surface area contributed by atoms with Crippen molar-refractivity contribution in [3.8, 4) is 0 Å². The molecule has 0 spiro atoms. The maximum Gasteiger partial charge on any atom is 0.243 e. The molecule has 0 aliphatic heterocycles. The molecule has 11 heavy (non-hydrogen) atoms. The first-order chi connectivity index (χ1) is 5.22. The molecule has 2 N–H and O–H groups in total. The van der Waals surface area contributed by atoms with Gasteiger partial charge in [-0.2, -0.15) is 0 Å².